The Balaban J connectivity index is 1.49. The molecule has 0 radical (unpaired) electrons. The summed E-state index contributed by atoms with van der Waals surface area (Å²) >= 11 is 0. The van der Waals surface area contributed by atoms with Crippen molar-refractivity contribution in [3.63, 3.8) is 0 Å². The van der Waals surface area contributed by atoms with E-state index in [1.807, 2.05) is 27.7 Å². The van der Waals surface area contributed by atoms with E-state index in [0.717, 1.165) is 50.0 Å². The first-order valence-corrected chi connectivity index (χ1v) is 12.3. The number of esters is 2. The molecule has 0 unspecified atom stereocenters. The summed E-state index contributed by atoms with van der Waals surface area (Å²) in [5, 5.41) is 0. The molecule has 0 aromatic heterocycles. The van der Waals surface area contributed by atoms with Crippen LogP contribution in [0.5, 0.6) is 23.0 Å². The van der Waals surface area contributed by atoms with Crippen LogP contribution in [0.2, 0.25) is 0 Å². The topological polar surface area (TPSA) is 71.1 Å². The Morgan fingerprint density at radius 2 is 0.824 bits per heavy atom. The Morgan fingerprint density at radius 3 is 1.15 bits per heavy atom. The van der Waals surface area contributed by atoms with Crippen molar-refractivity contribution in [3.05, 3.63) is 48.5 Å². The Hall–Kier alpha value is -3.02. The maximum Gasteiger partial charge on any atom is 0.311 e. The zero-order valence-corrected chi connectivity index (χ0v) is 20.9. The maximum atomic E-state index is 12.0. The summed E-state index contributed by atoms with van der Waals surface area (Å²) in [6, 6.07) is 14.2. The van der Waals surface area contributed by atoms with Crippen LogP contribution in [0.1, 0.15) is 79.1 Å². The summed E-state index contributed by atoms with van der Waals surface area (Å²) in [4.78, 5) is 24.0. The van der Waals surface area contributed by atoms with Gasteiger partial charge in [0.15, 0.2) is 0 Å². The van der Waals surface area contributed by atoms with E-state index in [0.29, 0.717) is 24.3 Å². The molecule has 0 aliphatic heterocycles. The minimum Gasteiger partial charge on any atom is -0.491 e. The highest BCUT2D eigenvalue weighted by Crippen LogP contribution is 2.21. The first-order valence-electron chi connectivity index (χ1n) is 12.3. The molecule has 186 valence electrons. The molecule has 0 atom stereocenters. The van der Waals surface area contributed by atoms with Gasteiger partial charge in [-0.15, -0.1) is 0 Å². The molecule has 0 aliphatic carbocycles. The predicted octanol–water partition coefficient (Wildman–Crippen LogP) is 6.89. The van der Waals surface area contributed by atoms with E-state index in [1.54, 1.807) is 48.5 Å². The van der Waals surface area contributed by atoms with Gasteiger partial charge in [0.2, 0.25) is 0 Å². The van der Waals surface area contributed by atoms with E-state index >= 15 is 0 Å². The van der Waals surface area contributed by atoms with Crippen LogP contribution in [-0.4, -0.2) is 24.1 Å². The summed E-state index contributed by atoms with van der Waals surface area (Å²) in [5.41, 5.74) is 0. The molecule has 0 saturated heterocycles. The van der Waals surface area contributed by atoms with Gasteiger partial charge in [-0.05, 0) is 89.1 Å². The predicted molar refractivity (Wildman–Crippen MR) is 133 cm³/mol. The zero-order chi connectivity index (χ0) is 24.8. The van der Waals surface area contributed by atoms with Gasteiger partial charge in [-0.3, -0.25) is 9.59 Å². The van der Waals surface area contributed by atoms with Gasteiger partial charge in [0.1, 0.15) is 23.0 Å². The standard InChI is InChI=1S/C28H38O6/c1-21(2)31-23-13-17-25(18-14-23)33-27(29)11-9-7-5-6-8-10-12-28(30)34-26-19-15-24(16-20-26)32-22(3)4/h13-22H,5-12H2,1-4H3. The molecule has 34 heavy (non-hydrogen) atoms. The van der Waals surface area contributed by atoms with Gasteiger partial charge >= 0.3 is 11.9 Å². The van der Waals surface area contributed by atoms with Crippen molar-refractivity contribution in [1.29, 1.82) is 0 Å². The van der Waals surface area contributed by atoms with Crippen LogP contribution >= 0.6 is 0 Å². The molecule has 2 aromatic rings. The van der Waals surface area contributed by atoms with Crippen LogP contribution in [0.15, 0.2) is 48.5 Å². The average molecular weight is 471 g/mol. The first-order chi connectivity index (χ1) is 16.3. The van der Waals surface area contributed by atoms with Crippen molar-refractivity contribution in [2.75, 3.05) is 0 Å². The average Bonchev–Trinajstić information content (AvgIpc) is 2.77. The van der Waals surface area contributed by atoms with E-state index < -0.39 is 0 Å². The van der Waals surface area contributed by atoms with E-state index in [-0.39, 0.29) is 24.1 Å². The number of carbonyl (C=O) groups is 2. The molecule has 0 N–H and O–H groups in total. The minimum absolute atomic E-state index is 0.107. The number of unbranched alkanes of at least 4 members (excludes halogenated alkanes) is 5. The van der Waals surface area contributed by atoms with Gasteiger partial charge < -0.3 is 18.9 Å². The third-order valence-electron chi connectivity index (χ3n) is 4.87. The lowest BCUT2D eigenvalue weighted by molar-refractivity contribution is -0.135. The van der Waals surface area contributed by atoms with Crippen molar-refractivity contribution in [1.82, 2.24) is 0 Å². The van der Waals surface area contributed by atoms with Crippen LogP contribution < -0.4 is 18.9 Å². The van der Waals surface area contributed by atoms with Gasteiger partial charge in [0.25, 0.3) is 0 Å². The monoisotopic (exact) mass is 470 g/mol. The molecular weight excluding hydrogens is 432 g/mol. The molecular formula is C28H38O6. The molecule has 0 bridgehead atoms. The van der Waals surface area contributed by atoms with Crippen LogP contribution in [0.3, 0.4) is 0 Å². The quantitative estimate of drug-likeness (QED) is 0.160. The zero-order valence-electron chi connectivity index (χ0n) is 20.9. The van der Waals surface area contributed by atoms with Gasteiger partial charge in [-0.2, -0.15) is 0 Å². The lowest BCUT2D eigenvalue weighted by Crippen LogP contribution is -2.08. The van der Waals surface area contributed by atoms with Crippen LogP contribution in [0, 0.1) is 0 Å². The fourth-order valence-corrected chi connectivity index (χ4v) is 3.33. The SMILES string of the molecule is CC(C)Oc1ccc(OC(=O)CCCCCCCCC(=O)Oc2ccc(OC(C)C)cc2)cc1. The second-order valence-electron chi connectivity index (χ2n) is 8.85. The largest absolute Gasteiger partial charge is 0.491 e. The summed E-state index contributed by atoms with van der Waals surface area (Å²) in [5.74, 6) is 2.15. The van der Waals surface area contributed by atoms with Crippen molar-refractivity contribution >= 4 is 11.9 Å². The molecule has 0 fully saturated rings. The molecule has 2 aromatic carbocycles. The number of hydrogen-bond acceptors (Lipinski definition) is 6. The highest BCUT2D eigenvalue weighted by molar-refractivity contribution is 5.72. The van der Waals surface area contributed by atoms with Crippen LogP contribution in [-0.2, 0) is 9.59 Å². The van der Waals surface area contributed by atoms with E-state index in [1.165, 1.54) is 0 Å². The van der Waals surface area contributed by atoms with Crippen LogP contribution in [0.25, 0.3) is 0 Å². The molecule has 0 spiro atoms. The molecule has 0 aliphatic rings. The molecule has 0 amide bonds. The Morgan fingerprint density at radius 1 is 0.529 bits per heavy atom. The number of carbonyl (C=O) groups excluding carboxylic acids is 2. The number of ether oxygens (including phenoxy) is 4. The van der Waals surface area contributed by atoms with Crippen molar-refractivity contribution in [3.8, 4) is 23.0 Å². The number of hydrogen-bond donors (Lipinski definition) is 0. The van der Waals surface area contributed by atoms with E-state index in [4.69, 9.17) is 18.9 Å². The van der Waals surface area contributed by atoms with Gasteiger partial charge in [-0.25, -0.2) is 0 Å². The van der Waals surface area contributed by atoms with Gasteiger partial charge in [-0.1, -0.05) is 25.7 Å². The minimum atomic E-state index is -0.218. The Labute approximate surface area is 203 Å². The lowest BCUT2D eigenvalue weighted by atomic mass is 10.1. The Bertz CT molecular complexity index is 782. The maximum absolute atomic E-state index is 12.0. The second-order valence-corrected chi connectivity index (χ2v) is 8.85. The number of rotatable bonds is 15. The van der Waals surface area contributed by atoms with Gasteiger partial charge in [0, 0.05) is 12.8 Å². The number of benzene rings is 2. The highest BCUT2D eigenvalue weighted by Gasteiger charge is 2.07. The Kier molecular flexibility index (Phi) is 12.0. The molecule has 0 heterocycles. The van der Waals surface area contributed by atoms with E-state index in [2.05, 4.69) is 0 Å². The van der Waals surface area contributed by atoms with Crippen molar-refractivity contribution in [2.45, 2.75) is 91.3 Å². The normalized spacial score (nSPS) is 10.9. The highest BCUT2D eigenvalue weighted by atomic mass is 16.5. The first kappa shape index (κ1) is 27.2. The fraction of sp³-hybridized carbons (Fsp3) is 0.500. The van der Waals surface area contributed by atoms with Crippen molar-refractivity contribution in [2.24, 2.45) is 0 Å². The van der Waals surface area contributed by atoms with Crippen molar-refractivity contribution < 1.29 is 28.5 Å². The third-order valence-corrected chi connectivity index (χ3v) is 4.87. The second kappa shape index (κ2) is 15.0. The smallest absolute Gasteiger partial charge is 0.311 e. The third kappa shape index (κ3) is 11.7. The summed E-state index contributed by atoms with van der Waals surface area (Å²) < 4.78 is 21.9. The molecule has 6 nitrogen and oxygen atoms in total. The lowest BCUT2D eigenvalue weighted by Gasteiger charge is -2.10. The molecule has 2 rings (SSSR count). The fourth-order valence-electron chi connectivity index (χ4n) is 3.33. The molecule has 0 saturated carbocycles. The summed E-state index contributed by atoms with van der Waals surface area (Å²) in [6.07, 6.45) is 6.59. The summed E-state index contributed by atoms with van der Waals surface area (Å²) in [7, 11) is 0. The van der Waals surface area contributed by atoms with E-state index in [9.17, 15) is 9.59 Å². The molecule has 6 heteroatoms. The summed E-state index contributed by atoms with van der Waals surface area (Å²) in [6.45, 7) is 7.86. The van der Waals surface area contributed by atoms with Crippen LogP contribution in [0.4, 0.5) is 0 Å². The van der Waals surface area contributed by atoms with Gasteiger partial charge in [0.05, 0.1) is 12.2 Å².